The molecule has 14 heteroatoms. The maximum absolute atomic E-state index is 8.55. The molecule has 0 fully saturated rings. The molecule has 0 aliphatic rings. The third kappa shape index (κ3) is 243. The number of phosphoric acid groups is 2. The first kappa shape index (κ1) is 36.1. The minimum absolute atomic E-state index is 0. The van der Waals surface area contributed by atoms with Crippen LogP contribution >= 0.6 is 15.6 Å². The maximum Gasteiger partial charge on any atom is 3.00 e. The van der Waals surface area contributed by atoms with Crippen molar-refractivity contribution in [3.8, 4) is 0 Å². The van der Waals surface area contributed by atoms with Gasteiger partial charge in [0.2, 0.25) is 0 Å². The zero-order chi connectivity index (χ0) is 9.00. The van der Waals surface area contributed by atoms with E-state index in [1.165, 1.54) is 0 Å². The summed E-state index contributed by atoms with van der Waals surface area (Å²) in [4.78, 5) is 51.3. The van der Waals surface area contributed by atoms with Gasteiger partial charge in [0.15, 0.2) is 0 Å². The molecule has 0 spiro atoms. The predicted octanol–water partition coefficient (Wildman–Crippen LogP) is -15.0. The first-order valence-corrected chi connectivity index (χ1v) is 4.38. The molecule has 0 N–H and O–H groups in total. The van der Waals surface area contributed by atoms with Crippen molar-refractivity contribution in [2.75, 3.05) is 0 Å². The molecule has 0 unspecified atom stereocenters. The van der Waals surface area contributed by atoms with Crippen LogP contribution < -0.4 is 118 Å². The van der Waals surface area contributed by atoms with Gasteiger partial charge in [-0.2, -0.15) is 15.6 Å². The predicted molar refractivity (Wildman–Crippen MR) is 21.0 cm³/mol. The van der Waals surface area contributed by atoms with Gasteiger partial charge < -0.3 is 38.5 Å². The zero-order valence-electron chi connectivity index (χ0n) is 7.74. The molecule has 14 heavy (non-hydrogen) atoms. The summed E-state index contributed by atoms with van der Waals surface area (Å²) >= 11 is 0. The summed E-state index contributed by atoms with van der Waals surface area (Å²) in [5, 5.41) is 0. The standard InChI is InChI=1S/Al.3Na.2H3O4P/c;;;;2*1-5(2,3)4/h;;;;2*(H3,1,2,3,4)/q+3;3*+1;;/p-6. The van der Waals surface area contributed by atoms with E-state index < -0.39 is 15.6 Å². The van der Waals surface area contributed by atoms with Crippen LogP contribution in [-0.4, -0.2) is 17.4 Å². The molecule has 0 aliphatic heterocycles. The fourth-order valence-corrected chi connectivity index (χ4v) is 0. The van der Waals surface area contributed by atoms with Crippen LogP contribution in [0.5, 0.6) is 0 Å². The number of rotatable bonds is 0. The van der Waals surface area contributed by atoms with Gasteiger partial charge in [0.05, 0.1) is 0 Å². The normalized spacial score (nSPS) is 8.43. The van der Waals surface area contributed by atoms with E-state index in [-0.39, 0.29) is 106 Å². The molecule has 0 radical (unpaired) electrons. The van der Waals surface area contributed by atoms with Crippen molar-refractivity contribution < 1.29 is 127 Å². The fraction of sp³-hybridized carbons (Fsp3) is 0. The Labute approximate surface area is 157 Å². The quantitative estimate of drug-likeness (QED) is 0.311. The molecule has 0 aliphatic carbocycles. The number of hydrogen-bond acceptors (Lipinski definition) is 8. The van der Waals surface area contributed by atoms with Crippen LogP contribution in [0.25, 0.3) is 0 Å². The van der Waals surface area contributed by atoms with Crippen LogP contribution in [0.2, 0.25) is 0 Å². The molecule has 0 saturated heterocycles. The Balaban J connectivity index is -0.0000000178. The summed E-state index contributed by atoms with van der Waals surface area (Å²) in [5.41, 5.74) is 0. The molecule has 0 aromatic heterocycles. The molecular formula is AlNa3O8P2. The minimum Gasteiger partial charge on any atom is -0.822 e. The summed E-state index contributed by atoms with van der Waals surface area (Å²) in [6, 6.07) is 0. The van der Waals surface area contributed by atoms with Crippen molar-refractivity contribution >= 4 is 33.0 Å². The largest absolute Gasteiger partial charge is 3.00 e. The molecule has 0 aromatic carbocycles. The van der Waals surface area contributed by atoms with Gasteiger partial charge in [0, 0.05) is 0 Å². The summed E-state index contributed by atoms with van der Waals surface area (Å²) < 4.78 is 17.1. The Morgan fingerprint density at radius 1 is 0.571 bits per heavy atom. The summed E-state index contributed by atoms with van der Waals surface area (Å²) in [6.07, 6.45) is 0. The van der Waals surface area contributed by atoms with Crippen LogP contribution in [0.1, 0.15) is 0 Å². The average molecular weight is 286 g/mol. The average Bonchev–Trinajstić information content (AvgIpc) is 1.12. The van der Waals surface area contributed by atoms with Crippen LogP contribution in [0.4, 0.5) is 0 Å². The second-order valence-corrected chi connectivity index (χ2v) is 2.68. The van der Waals surface area contributed by atoms with Crippen molar-refractivity contribution in [2.24, 2.45) is 0 Å². The number of hydrogen-bond donors (Lipinski definition) is 0. The molecule has 0 rings (SSSR count). The first-order chi connectivity index (χ1) is 4.00. The Kier molecular flexibility index (Phi) is 43.2. The Morgan fingerprint density at radius 3 is 0.571 bits per heavy atom. The Hall–Kier alpha value is 3.75. The van der Waals surface area contributed by atoms with Crippen molar-refractivity contribution in [1.29, 1.82) is 0 Å². The van der Waals surface area contributed by atoms with Crippen LogP contribution in [0.3, 0.4) is 0 Å². The van der Waals surface area contributed by atoms with Gasteiger partial charge in [-0.15, -0.1) is 0 Å². The van der Waals surface area contributed by atoms with Crippen molar-refractivity contribution in [2.45, 2.75) is 0 Å². The van der Waals surface area contributed by atoms with Gasteiger partial charge in [0.25, 0.3) is 0 Å². The van der Waals surface area contributed by atoms with Crippen molar-refractivity contribution in [3.05, 3.63) is 0 Å². The minimum atomic E-state index is -5.39. The first-order valence-electron chi connectivity index (χ1n) is 1.46. The molecule has 0 bridgehead atoms. The van der Waals surface area contributed by atoms with E-state index in [0.717, 1.165) is 0 Å². The molecule has 0 atom stereocenters. The summed E-state index contributed by atoms with van der Waals surface area (Å²) in [5.74, 6) is 0. The van der Waals surface area contributed by atoms with E-state index in [1.54, 1.807) is 0 Å². The van der Waals surface area contributed by atoms with Crippen molar-refractivity contribution in [1.82, 2.24) is 0 Å². The molecule has 0 saturated carbocycles. The molecule has 0 aromatic rings. The van der Waals surface area contributed by atoms with Gasteiger partial charge in [-0.3, -0.25) is 0 Å². The molecule has 0 heterocycles. The van der Waals surface area contributed by atoms with E-state index in [0.29, 0.717) is 0 Å². The SMILES string of the molecule is O=P([O-])([O-])[O-].O=P([O-])([O-])[O-].[Al+3].[Na+].[Na+].[Na+]. The van der Waals surface area contributed by atoms with Crippen molar-refractivity contribution in [3.63, 3.8) is 0 Å². The van der Waals surface area contributed by atoms with Gasteiger partial charge in [-0.05, 0) is 0 Å². The molecule has 0 amide bonds. The van der Waals surface area contributed by atoms with E-state index in [9.17, 15) is 0 Å². The van der Waals surface area contributed by atoms with Gasteiger partial charge >= 0.3 is 106 Å². The third-order valence-electron chi connectivity index (χ3n) is 0. The van der Waals surface area contributed by atoms with E-state index in [2.05, 4.69) is 0 Å². The van der Waals surface area contributed by atoms with Gasteiger partial charge in [-0.25, -0.2) is 0 Å². The van der Waals surface area contributed by atoms with E-state index >= 15 is 0 Å². The summed E-state index contributed by atoms with van der Waals surface area (Å²) in [6.45, 7) is 0. The Bertz CT molecular complexity index is 135. The van der Waals surface area contributed by atoms with Gasteiger partial charge in [0.1, 0.15) is 0 Å². The molecular weight excluding hydrogens is 286 g/mol. The van der Waals surface area contributed by atoms with Crippen LogP contribution in [0.15, 0.2) is 0 Å². The van der Waals surface area contributed by atoms with Gasteiger partial charge in [-0.1, -0.05) is 0 Å². The molecule has 8 nitrogen and oxygen atoms in total. The maximum atomic E-state index is 8.55. The fourth-order valence-electron chi connectivity index (χ4n) is 0. The molecule has 64 valence electrons. The second kappa shape index (κ2) is 16.8. The topological polar surface area (TPSA) is 172 Å². The van der Waals surface area contributed by atoms with E-state index in [4.69, 9.17) is 38.5 Å². The van der Waals surface area contributed by atoms with Crippen LogP contribution in [-0.2, 0) is 9.13 Å². The monoisotopic (exact) mass is 286 g/mol. The second-order valence-electron chi connectivity index (χ2n) is 0.894. The van der Waals surface area contributed by atoms with Crippen LogP contribution in [0, 0.1) is 0 Å². The zero-order valence-corrected chi connectivity index (χ0v) is 16.7. The summed E-state index contributed by atoms with van der Waals surface area (Å²) in [7, 11) is -10.8. The third-order valence-corrected chi connectivity index (χ3v) is 0. The smallest absolute Gasteiger partial charge is 0.822 e. The Morgan fingerprint density at radius 2 is 0.571 bits per heavy atom. The van der Waals surface area contributed by atoms with E-state index in [1.807, 2.05) is 0 Å².